The maximum absolute atomic E-state index is 16.0. The number of allylic oxidation sites excluding steroid dienone is 1. The van der Waals surface area contributed by atoms with Crippen LogP contribution in [-0.4, -0.2) is 65.5 Å². The third kappa shape index (κ3) is 8.06. The first-order chi connectivity index (χ1) is 18.6. The first kappa shape index (κ1) is 30.6. The number of rotatable bonds is 5. The van der Waals surface area contributed by atoms with Crippen LogP contribution in [0, 0.1) is 12.7 Å². The Morgan fingerprint density at radius 2 is 1.77 bits per heavy atom. The van der Waals surface area contributed by atoms with Crippen molar-refractivity contribution in [3.8, 4) is 5.75 Å². The Bertz CT molecular complexity index is 1280. The number of hydrogen-bond acceptors (Lipinski definition) is 8. The van der Waals surface area contributed by atoms with Crippen molar-refractivity contribution in [1.82, 2.24) is 14.9 Å². The van der Waals surface area contributed by atoms with Crippen molar-refractivity contribution >= 4 is 35.1 Å². The van der Waals surface area contributed by atoms with Crippen LogP contribution in [-0.2, 0) is 9.47 Å². The average Bonchev–Trinajstić information content (AvgIpc) is 3.08. The molecule has 2 amide bonds. The van der Waals surface area contributed by atoms with Crippen molar-refractivity contribution in [3.05, 3.63) is 41.5 Å². The summed E-state index contributed by atoms with van der Waals surface area (Å²) in [7, 11) is 3.05. The molecular weight excluding hydrogens is 517 g/mol. The molecule has 1 aliphatic rings. The van der Waals surface area contributed by atoms with Gasteiger partial charge in [-0.15, -0.1) is 0 Å². The molecule has 1 N–H and O–H groups in total. The lowest BCUT2D eigenvalue weighted by Gasteiger charge is -2.25. The molecule has 0 spiro atoms. The van der Waals surface area contributed by atoms with Gasteiger partial charge in [-0.3, -0.25) is 4.90 Å². The van der Waals surface area contributed by atoms with E-state index in [0.717, 1.165) is 0 Å². The van der Waals surface area contributed by atoms with Gasteiger partial charge in [0.25, 0.3) is 0 Å². The largest absolute Gasteiger partial charge is 0.494 e. The zero-order valence-corrected chi connectivity index (χ0v) is 24.8. The second kappa shape index (κ2) is 12.1. The first-order valence-electron chi connectivity index (χ1n) is 13.2. The zero-order valence-electron chi connectivity index (χ0n) is 24.8. The third-order valence-electron chi connectivity index (χ3n) is 5.85. The average molecular weight is 558 g/mol. The van der Waals surface area contributed by atoms with Crippen LogP contribution < -0.4 is 15.0 Å². The summed E-state index contributed by atoms with van der Waals surface area (Å²) in [6, 6.07) is 3.34. The Morgan fingerprint density at radius 1 is 1.10 bits per heavy atom. The van der Waals surface area contributed by atoms with Crippen LogP contribution >= 0.6 is 0 Å². The molecule has 11 heteroatoms. The van der Waals surface area contributed by atoms with Crippen molar-refractivity contribution in [2.45, 2.75) is 72.5 Å². The van der Waals surface area contributed by atoms with Crippen LogP contribution in [0.1, 0.15) is 65.6 Å². The Labute approximate surface area is 235 Å². The lowest BCUT2D eigenvalue weighted by Crippen LogP contribution is -2.37. The monoisotopic (exact) mass is 557 g/mol. The molecule has 40 heavy (non-hydrogen) atoms. The number of nitrogens with one attached hydrogen (secondary N) is 1. The van der Waals surface area contributed by atoms with Gasteiger partial charge in [0.1, 0.15) is 22.8 Å². The van der Waals surface area contributed by atoms with Crippen LogP contribution in [0.2, 0.25) is 0 Å². The van der Waals surface area contributed by atoms with E-state index in [1.807, 2.05) is 26.8 Å². The highest BCUT2D eigenvalue weighted by Crippen LogP contribution is 2.36. The number of aromatic nitrogens is 2. The number of hydrogen-bond donors (Lipinski definition) is 1. The van der Waals surface area contributed by atoms with E-state index in [1.165, 1.54) is 18.2 Å². The number of halogens is 1. The van der Waals surface area contributed by atoms with Gasteiger partial charge in [0.15, 0.2) is 11.6 Å². The predicted octanol–water partition coefficient (Wildman–Crippen LogP) is 6.46. The molecule has 1 aliphatic heterocycles. The molecule has 10 nitrogen and oxygen atoms in total. The van der Waals surface area contributed by atoms with Crippen molar-refractivity contribution in [1.29, 1.82) is 0 Å². The van der Waals surface area contributed by atoms with Crippen LogP contribution in [0.5, 0.6) is 5.75 Å². The number of carbonyl (C=O) groups is 2. The molecule has 218 valence electrons. The predicted molar refractivity (Wildman–Crippen MR) is 153 cm³/mol. The van der Waals surface area contributed by atoms with E-state index in [2.05, 4.69) is 15.3 Å². The lowest BCUT2D eigenvalue weighted by molar-refractivity contribution is 0.0273. The molecule has 2 aromatic heterocycles. The Morgan fingerprint density at radius 3 is 2.40 bits per heavy atom. The topological polar surface area (TPSA) is 106 Å². The van der Waals surface area contributed by atoms with E-state index < -0.39 is 29.2 Å². The number of anilines is 3. The highest BCUT2D eigenvalue weighted by atomic mass is 19.1. The van der Waals surface area contributed by atoms with Crippen molar-refractivity contribution in [2.24, 2.45) is 0 Å². The summed E-state index contributed by atoms with van der Waals surface area (Å²) in [4.78, 5) is 36.8. The SMILES string of the molecule is COc1cnc(Nc2cc(N(C)C(=O)OC(C)(C)C)cc(C)n2)c(F)c1C1=CCN(C(=O)OC(C)(C)C)CCC1. The van der Waals surface area contributed by atoms with Gasteiger partial charge in [-0.05, 0) is 72.9 Å². The molecule has 2 aromatic rings. The molecule has 0 fully saturated rings. The first-order valence-corrected chi connectivity index (χ1v) is 13.2. The lowest BCUT2D eigenvalue weighted by atomic mass is 10.0. The van der Waals surface area contributed by atoms with Crippen LogP contribution in [0.15, 0.2) is 24.4 Å². The highest BCUT2D eigenvalue weighted by molar-refractivity contribution is 5.88. The molecule has 0 unspecified atom stereocenters. The van der Waals surface area contributed by atoms with E-state index >= 15 is 4.39 Å². The molecule has 0 aromatic carbocycles. The van der Waals surface area contributed by atoms with Gasteiger partial charge < -0.3 is 24.4 Å². The number of methoxy groups -OCH3 is 1. The van der Waals surface area contributed by atoms with Gasteiger partial charge >= 0.3 is 12.2 Å². The number of aryl methyl sites for hydroxylation is 1. The fourth-order valence-corrected chi connectivity index (χ4v) is 4.07. The highest BCUT2D eigenvalue weighted by Gasteiger charge is 2.26. The van der Waals surface area contributed by atoms with E-state index in [9.17, 15) is 9.59 Å². The molecule has 0 radical (unpaired) electrons. The van der Waals surface area contributed by atoms with Crippen LogP contribution in [0.25, 0.3) is 5.57 Å². The summed E-state index contributed by atoms with van der Waals surface area (Å²) in [5.74, 6) is -0.0722. The molecule has 3 heterocycles. The quantitative estimate of drug-likeness (QED) is 0.446. The molecule has 3 rings (SSSR count). The summed E-state index contributed by atoms with van der Waals surface area (Å²) in [6.07, 6.45) is 3.48. The normalized spacial score (nSPS) is 14.2. The molecule has 0 saturated heterocycles. The second-order valence-corrected chi connectivity index (χ2v) is 11.6. The Balaban J connectivity index is 1.90. The number of carbonyl (C=O) groups excluding carboxylic acids is 2. The maximum Gasteiger partial charge on any atom is 0.414 e. The standard InChI is InChI=1S/C29H40FN5O5/c1-18-15-20(34(8)26(36)39-28(2,3)4)16-22(32-18)33-25-24(30)23(21(38-9)17-31-25)19-11-10-13-35(14-12-19)27(37)40-29(5,6)7/h12,15-17H,10-11,13-14H2,1-9H3,(H,31,32,33). The van der Waals surface area contributed by atoms with Gasteiger partial charge in [0, 0.05) is 31.9 Å². The van der Waals surface area contributed by atoms with E-state index in [4.69, 9.17) is 14.2 Å². The molecule has 0 bridgehead atoms. The summed E-state index contributed by atoms with van der Waals surface area (Å²) >= 11 is 0. The minimum atomic E-state index is -0.655. The smallest absolute Gasteiger partial charge is 0.414 e. The van der Waals surface area contributed by atoms with E-state index in [-0.39, 0.29) is 23.7 Å². The second-order valence-electron chi connectivity index (χ2n) is 11.6. The van der Waals surface area contributed by atoms with Crippen LogP contribution in [0.3, 0.4) is 0 Å². The van der Waals surface area contributed by atoms with Crippen molar-refractivity contribution in [2.75, 3.05) is 37.5 Å². The maximum atomic E-state index is 16.0. The van der Waals surface area contributed by atoms with E-state index in [1.54, 1.807) is 51.8 Å². The van der Waals surface area contributed by atoms with Crippen molar-refractivity contribution in [3.63, 3.8) is 0 Å². The molecule has 0 aliphatic carbocycles. The summed E-state index contributed by atoms with van der Waals surface area (Å²) in [5, 5.41) is 2.95. The van der Waals surface area contributed by atoms with Crippen molar-refractivity contribution < 1.29 is 28.2 Å². The molecule has 0 saturated carbocycles. The van der Waals surface area contributed by atoms with Gasteiger partial charge in [-0.2, -0.15) is 0 Å². The summed E-state index contributed by atoms with van der Waals surface area (Å²) in [6.45, 7) is 13.3. The number of nitrogens with zero attached hydrogens (tertiary/aromatic N) is 4. The fourth-order valence-electron chi connectivity index (χ4n) is 4.07. The zero-order chi connectivity index (χ0) is 29.8. The number of ether oxygens (including phenoxy) is 3. The summed E-state index contributed by atoms with van der Waals surface area (Å²) in [5.41, 5.74) is 0.837. The molecular formula is C29H40FN5O5. The van der Waals surface area contributed by atoms with E-state index in [0.29, 0.717) is 42.2 Å². The van der Waals surface area contributed by atoms with Gasteiger partial charge in [0.05, 0.1) is 24.6 Å². The van der Waals surface area contributed by atoms with Gasteiger partial charge in [-0.1, -0.05) is 6.08 Å². The third-order valence-corrected chi connectivity index (χ3v) is 5.85. The minimum Gasteiger partial charge on any atom is -0.494 e. The van der Waals surface area contributed by atoms with Crippen LogP contribution in [0.4, 0.5) is 31.3 Å². The van der Waals surface area contributed by atoms with Gasteiger partial charge in [0.2, 0.25) is 0 Å². The number of pyridine rings is 2. The summed E-state index contributed by atoms with van der Waals surface area (Å²) < 4.78 is 32.4. The molecule has 0 atom stereocenters. The Hall–Kier alpha value is -3.89. The van der Waals surface area contributed by atoms with Gasteiger partial charge in [-0.25, -0.2) is 23.9 Å². The number of amides is 2. The fraction of sp³-hybridized carbons (Fsp3) is 0.517. The minimum absolute atomic E-state index is 0.0473. The Kier molecular flexibility index (Phi) is 9.27.